The number of benzene rings is 1. The molecule has 2 nitrogen and oxygen atoms in total. The maximum Gasteiger partial charge on any atom is 0.159 e. The molecule has 0 bridgehead atoms. The summed E-state index contributed by atoms with van der Waals surface area (Å²) in [6.07, 6.45) is 10.3. The number of ether oxygens (including phenoxy) is 1. The minimum absolute atomic E-state index is 0.373. The number of ketones is 1. The van der Waals surface area contributed by atoms with Crippen LogP contribution in [0.5, 0.6) is 5.75 Å². The normalized spacial score (nSPS) is 15.9. The van der Waals surface area contributed by atoms with Crippen LogP contribution in [0.3, 0.4) is 0 Å². The summed E-state index contributed by atoms with van der Waals surface area (Å²) in [4.78, 5) is 11.9. The Balaban J connectivity index is 1.77. The van der Waals surface area contributed by atoms with E-state index in [2.05, 4.69) is 52.0 Å². The van der Waals surface area contributed by atoms with E-state index >= 15 is 0 Å². The molecule has 2 rings (SSSR count). The second-order valence-corrected chi connectivity index (χ2v) is 8.18. The molecule has 0 heterocycles. The third-order valence-electron chi connectivity index (χ3n) is 6.01. The largest absolute Gasteiger partial charge is 0.497 e. The van der Waals surface area contributed by atoms with Crippen LogP contribution in [0, 0.1) is 0 Å². The van der Waals surface area contributed by atoms with E-state index in [9.17, 15) is 4.79 Å². The molecule has 0 fully saturated rings. The lowest BCUT2D eigenvalue weighted by atomic mass is 9.96. The van der Waals surface area contributed by atoms with Gasteiger partial charge in [-0.05, 0) is 95.9 Å². The second kappa shape index (κ2) is 11.0. The zero-order valence-corrected chi connectivity index (χ0v) is 18.4. The van der Waals surface area contributed by atoms with Gasteiger partial charge in [0.2, 0.25) is 0 Å². The van der Waals surface area contributed by atoms with Crippen LogP contribution in [0.15, 0.2) is 58.2 Å². The van der Waals surface area contributed by atoms with Gasteiger partial charge in [-0.1, -0.05) is 40.5 Å². The summed E-state index contributed by atoms with van der Waals surface area (Å²) in [6.45, 7) is 8.83. The number of hydrogen-bond donors (Lipinski definition) is 0. The molecule has 1 aromatic carbocycles. The molecule has 152 valence electrons. The van der Waals surface area contributed by atoms with Gasteiger partial charge in [-0.3, -0.25) is 4.79 Å². The molecule has 0 saturated heterocycles. The Morgan fingerprint density at radius 1 is 1.04 bits per heavy atom. The molecule has 1 aliphatic rings. The predicted octanol–water partition coefficient (Wildman–Crippen LogP) is 7.15. The first kappa shape index (κ1) is 22.2. The molecule has 0 unspecified atom stereocenters. The van der Waals surface area contributed by atoms with Crippen molar-refractivity contribution in [2.75, 3.05) is 7.11 Å². The van der Waals surface area contributed by atoms with E-state index in [0.717, 1.165) is 62.7 Å². The van der Waals surface area contributed by atoms with Gasteiger partial charge in [0.25, 0.3) is 0 Å². The topological polar surface area (TPSA) is 26.3 Å². The van der Waals surface area contributed by atoms with Crippen LogP contribution >= 0.6 is 0 Å². The molecule has 0 radical (unpaired) electrons. The van der Waals surface area contributed by atoms with E-state index in [4.69, 9.17) is 4.74 Å². The fourth-order valence-corrected chi connectivity index (χ4v) is 3.73. The Bertz CT molecular complexity index is 777. The van der Waals surface area contributed by atoms with Crippen molar-refractivity contribution in [2.24, 2.45) is 0 Å². The molecular weight excluding hydrogens is 344 g/mol. The fourth-order valence-electron chi connectivity index (χ4n) is 3.73. The zero-order valence-electron chi connectivity index (χ0n) is 18.4. The third kappa shape index (κ3) is 6.82. The van der Waals surface area contributed by atoms with Gasteiger partial charge < -0.3 is 4.74 Å². The van der Waals surface area contributed by atoms with E-state index in [1.807, 2.05) is 6.07 Å². The monoisotopic (exact) mass is 380 g/mol. The summed E-state index contributed by atoms with van der Waals surface area (Å²) in [5.74, 6) is 1.30. The van der Waals surface area contributed by atoms with Gasteiger partial charge in [0.1, 0.15) is 5.75 Å². The first-order chi connectivity index (χ1) is 13.4. The molecule has 0 saturated carbocycles. The Kier molecular flexibility index (Phi) is 8.76. The summed E-state index contributed by atoms with van der Waals surface area (Å²) in [7, 11) is 1.71. The van der Waals surface area contributed by atoms with Crippen LogP contribution < -0.4 is 4.74 Å². The molecule has 0 atom stereocenters. The predicted molar refractivity (Wildman–Crippen MR) is 119 cm³/mol. The molecule has 0 aliphatic heterocycles. The van der Waals surface area contributed by atoms with Crippen molar-refractivity contribution in [3.05, 3.63) is 63.8 Å². The molecule has 0 aromatic heterocycles. The van der Waals surface area contributed by atoms with Crippen molar-refractivity contribution >= 4 is 5.78 Å². The average Bonchev–Trinajstić information content (AvgIpc) is 3.02. The summed E-state index contributed by atoms with van der Waals surface area (Å²) < 4.78 is 5.29. The number of carbonyl (C=O) groups is 1. The number of rotatable bonds is 10. The SMILES string of the molecule is COc1cccc(CC/C=C(\C)CC/C(C)=C(\C)CCC2=C(C)CCC2=O)c1. The highest BCUT2D eigenvalue weighted by Gasteiger charge is 2.19. The van der Waals surface area contributed by atoms with Crippen molar-refractivity contribution in [3.63, 3.8) is 0 Å². The Hall–Kier alpha value is -2.09. The number of Topliss-reactive ketones (excluding diaryl/α,β-unsaturated/α-hetero) is 1. The Labute approximate surface area is 171 Å². The Morgan fingerprint density at radius 3 is 2.46 bits per heavy atom. The smallest absolute Gasteiger partial charge is 0.159 e. The lowest BCUT2D eigenvalue weighted by Gasteiger charge is -2.10. The number of methoxy groups -OCH3 is 1. The standard InChI is InChI=1S/C26H36O2/c1-19(8-6-9-23-10-7-11-24(18-23)28-5)12-13-20(2)21(3)14-16-25-22(4)15-17-26(25)27/h7-8,10-11,18H,6,9,12-17H2,1-5H3/b19-8+,21-20+. The number of hydrogen-bond acceptors (Lipinski definition) is 2. The second-order valence-electron chi connectivity index (χ2n) is 8.18. The lowest BCUT2D eigenvalue weighted by molar-refractivity contribution is -0.115. The van der Waals surface area contributed by atoms with Gasteiger partial charge in [0, 0.05) is 6.42 Å². The summed E-state index contributed by atoms with van der Waals surface area (Å²) in [5, 5.41) is 0. The van der Waals surface area contributed by atoms with Crippen LogP contribution in [0.2, 0.25) is 0 Å². The maximum atomic E-state index is 11.9. The first-order valence-corrected chi connectivity index (χ1v) is 10.6. The van der Waals surface area contributed by atoms with Crippen LogP contribution in [-0.4, -0.2) is 12.9 Å². The number of aryl methyl sites for hydroxylation is 1. The van der Waals surface area contributed by atoms with Crippen molar-refractivity contribution in [1.29, 1.82) is 0 Å². The van der Waals surface area contributed by atoms with Crippen LogP contribution in [0.25, 0.3) is 0 Å². The first-order valence-electron chi connectivity index (χ1n) is 10.6. The average molecular weight is 381 g/mol. The van der Waals surface area contributed by atoms with Crippen molar-refractivity contribution in [2.45, 2.75) is 79.1 Å². The fraction of sp³-hybridized carbons (Fsp3) is 0.500. The van der Waals surface area contributed by atoms with Crippen LogP contribution in [0.1, 0.15) is 78.2 Å². The van der Waals surface area contributed by atoms with Gasteiger partial charge in [-0.25, -0.2) is 0 Å². The maximum absolute atomic E-state index is 11.9. The van der Waals surface area contributed by atoms with E-state index < -0.39 is 0 Å². The summed E-state index contributed by atoms with van der Waals surface area (Å²) >= 11 is 0. The molecule has 0 amide bonds. The molecule has 2 heteroatoms. The molecule has 0 N–H and O–H groups in total. The highest BCUT2D eigenvalue weighted by molar-refractivity contribution is 5.98. The highest BCUT2D eigenvalue weighted by atomic mass is 16.5. The highest BCUT2D eigenvalue weighted by Crippen LogP contribution is 2.28. The van der Waals surface area contributed by atoms with E-state index in [1.54, 1.807) is 7.11 Å². The third-order valence-corrected chi connectivity index (χ3v) is 6.01. The molecule has 1 aromatic rings. The van der Waals surface area contributed by atoms with Crippen LogP contribution in [0.4, 0.5) is 0 Å². The minimum atomic E-state index is 0.373. The molecule has 1 aliphatic carbocycles. The molecular formula is C26H36O2. The summed E-state index contributed by atoms with van der Waals surface area (Å²) in [6, 6.07) is 8.32. The van der Waals surface area contributed by atoms with Crippen molar-refractivity contribution in [1.82, 2.24) is 0 Å². The van der Waals surface area contributed by atoms with Crippen molar-refractivity contribution in [3.8, 4) is 5.75 Å². The molecule has 0 spiro atoms. The molecule has 28 heavy (non-hydrogen) atoms. The minimum Gasteiger partial charge on any atom is -0.497 e. The zero-order chi connectivity index (χ0) is 20.5. The van der Waals surface area contributed by atoms with E-state index in [0.29, 0.717) is 5.78 Å². The Morgan fingerprint density at radius 2 is 1.79 bits per heavy atom. The van der Waals surface area contributed by atoms with E-state index in [1.165, 1.54) is 27.9 Å². The van der Waals surface area contributed by atoms with Gasteiger partial charge in [0.05, 0.1) is 7.11 Å². The quantitative estimate of drug-likeness (QED) is 0.403. The van der Waals surface area contributed by atoms with Gasteiger partial charge in [-0.15, -0.1) is 0 Å². The van der Waals surface area contributed by atoms with Crippen molar-refractivity contribution < 1.29 is 9.53 Å². The van der Waals surface area contributed by atoms with Gasteiger partial charge in [0.15, 0.2) is 5.78 Å². The van der Waals surface area contributed by atoms with Gasteiger partial charge >= 0.3 is 0 Å². The number of carbonyl (C=O) groups excluding carboxylic acids is 1. The number of allylic oxidation sites excluding steroid dienone is 6. The lowest BCUT2D eigenvalue weighted by Crippen LogP contribution is -1.97. The van der Waals surface area contributed by atoms with Crippen LogP contribution in [-0.2, 0) is 11.2 Å². The van der Waals surface area contributed by atoms with Gasteiger partial charge in [-0.2, -0.15) is 0 Å². The van der Waals surface area contributed by atoms with E-state index in [-0.39, 0.29) is 0 Å². The summed E-state index contributed by atoms with van der Waals surface area (Å²) in [5.41, 5.74) is 8.11.